The van der Waals surface area contributed by atoms with Gasteiger partial charge in [-0.3, -0.25) is 4.90 Å². The number of nitrogens with zero attached hydrogens (tertiary/aromatic N) is 1. The first kappa shape index (κ1) is 14.3. The van der Waals surface area contributed by atoms with E-state index in [4.69, 9.17) is 5.73 Å². The van der Waals surface area contributed by atoms with Crippen molar-refractivity contribution in [3.8, 4) is 0 Å². The Balaban J connectivity index is 2.04. The molecule has 0 heterocycles. The molecule has 106 valence electrons. The normalized spacial score (nSPS) is 35.0. The van der Waals surface area contributed by atoms with Gasteiger partial charge in [-0.05, 0) is 38.6 Å². The van der Waals surface area contributed by atoms with Crippen LogP contribution >= 0.6 is 0 Å². The van der Waals surface area contributed by atoms with E-state index in [1.165, 1.54) is 64.2 Å². The smallest absolute Gasteiger partial charge is 0.0334 e. The van der Waals surface area contributed by atoms with Crippen LogP contribution in [-0.4, -0.2) is 30.1 Å². The Bertz CT molecular complexity index is 247. The summed E-state index contributed by atoms with van der Waals surface area (Å²) in [7, 11) is 2.36. The van der Waals surface area contributed by atoms with Crippen LogP contribution in [0, 0.1) is 5.92 Å². The molecule has 0 aliphatic heterocycles. The summed E-state index contributed by atoms with van der Waals surface area (Å²) in [5.74, 6) is 0.911. The van der Waals surface area contributed by atoms with Gasteiger partial charge in [-0.15, -0.1) is 0 Å². The molecule has 2 N–H and O–H groups in total. The summed E-state index contributed by atoms with van der Waals surface area (Å²) in [6.07, 6.45) is 13.9. The van der Waals surface area contributed by atoms with E-state index in [-0.39, 0.29) is 0 Å². The molecule has 0 radical (unpaired) electrons. The first-order chi connectivity index (χ1) is 8.72. The van der Waals surface area contributed by atoms with Crippen molar-refractivity contribution >= 4 is 0 Å². The molecule has 0 aromatic rings. The van der Waals surface area contributed by atoms with Crippen molar-refractivity contribution < 1.29 is 0 Å². The molecule has 0 spiro atoms. The minimum atomic E-state index is 0.320. The summed E-state index contributed by atoms with van der Waals surface area (Å²) in [6, 6.07) is 0.804. The van der Waals surface area contributed by atoms with Crippen molar-refractivity contribution in [1.29, 1.82) is 0 Å². The Kier molecular flexibility index (Phi) is 5.08. The maximum Gasteiger partial charge on any atom is 0.0334 e. The molecule has 0 saturated heterocycles. The molecule has 2 heteroatoms. The van der Waals surface area contributed by atoms with Crippen LogP contribution in [0.15, 0.2) is 0 Å². The van der Waals surface area contributed by atoms with Crippen molar-refractivity contribution in [3.05, 3.63) is 0 Å². The Morgan fingerprint density at radius 1 is 1.11 bits per heavy atom. The van der Waals surface area contributed by atoms with Gasteiger partial charge in [0, 0.05) is 18.1 Å². The molecular formula is C16H32N2. The summed E-state index contributed by atoms with van der Waals surface area (Å²) < 4.78 is 0. The third kappa shape index (κ3) is 2.91. The lowest BCUT2D eigenvalue weighted by molar-refractivity contribution is 0.0110. The van der Waals surface area contributed by atoms with E-state index < -0.39 is 0 Å². The molecule has 0 amide bonds. The van der Waals surface area contributed by atoms with E-state index in [0.717, 1.165) is 18.5 Å². The second kappa shape index (κ2) is 6.38. The fraction of sp³-hybridized carbons (Fsp3) is 1.00. The quantitative estimate of drug-likeness (QED) is 0.829. The first-order valence-electron chi connectivity index (χ1n) is 8.15. The highest BCUT2D eigenvalue weighted by Gasteiger charge is 2.40. The van der Waals surface area contributed by atoms with Crippen LogP contribution in [0.1, 0.15) is 71.1 Å². The van der Waals surface area contributed by atoms with Gasteiger partial charge in [-0.1, -0.05) is 45.4 Å². The molecule has 0 aromatic heterocycles. The molecule has 2 nitrogen and oxygen atoms in total. The maximum atomic E-state index is 6.22. The van der Waals surface area contributed by atoms with Gasteiger partial charge < -0.3 is 5.73 Å². The summed E-state index contributed by atoms with van der Waals surface area (Å²) >= 11 is 0. The van der Waals surface area contributed by atoms with Crippen molar-refractivity contribution in [1.82, 2.24) is 4.90 Å². The minimum Gasteiger partial charge on any atom is -0.329 e. The van der Waals surface area contributed by atoms with Gasteiger partial charge in [0.2, 0.25) is 0 Å². The predicted molar refractivity (Wildman–Crippen MR) is 78.7 cm³/mol. The van der Waals surface area contributed by atoms with Gasteiger partial charge in [0.15, 0.2) is 0 Å². The number of hydrogen-bond donors (Lipinski definition) is 1. The molecule has 2 fully saturated rings. The van der Waals surface area contributed by atoms with Crippen molar-refractivity contribution in [2.75, 3.05) is 13.6 Å². The Hall–Kier alpha value is -0.0800. The Morgan fingerprint density at radius 2 is 1.83 bits per heavy atom. The van der Waals surface area contributed by atoms with Crippen LogP contribution in [0.25, 0.3) is 0 Å². The molecule has 2 atom stereocenters. The molecule has 18 heavy (non-hydrogen) atoms. The molecule has 0 bridgehead atoms. The highest BCUT2D eigenvalue weighted by atomic mass is 15.2. The largest absolute Gasteiger partial charge is 0.329 e. The standard InChI is InChI=1S/C16H32N2/c1-3-14-8-7-11-16(12-14,13-17)18(2)15-9-5-4-6-10-15/h14-15H,3-13,17H2,1-2H3. The molecule has 2 unspecified atom stereocenters. The van der Waals surface area contributed by atoms with E-state index in [2.05, 4.69) is 18.9 Å². The molecular weight excluding hydrogens is 220 g/mol. The summed E-state index contributed by atoms with van der Waals surface area (Å²) in [6.45, 7) is 3.20. The molecule has 2 aliphatic carbocycles. The van der Waals surface area contributed by atoms with Crippen molar-refractivity contribution in [3.63, 3.8) is 0 Å². The van der Waals surface area contributed by atoms with Crippen LogP contribution in [0.5, 0.6) is 0 Å². The van der Waals surface area contributed by atoms with Crippen LogP contribution in [0.3, 0.4) is 0 Å². The number of nitrogens with two attached hydrogens (primary N) is 1. The van der Waals surface area contributed by atoms with E-state index >= 15 is 0 Å². The average Bonchev–Trinajstić information content (AvgIpc) is 2.47. The van der Waals surface area contributed by atoms with Gasteiger partial charge >= 0.3 is 0 Å². The van der Waals surface area contributed by atoms with Crippen molar-refractivity contribution in [2.45, 2.75) is 82.7 Å². The highest BCUT2D eigenvalue weighted by molar-refractivity contribution is 4.97. The lowest BCUT2D eigenvalue weighted by atomic mass is 9.72. The second-order valence-corrected chi connectivity index (χ2v) is 6.70. The lowest BCUT2D eigenvalue weighted by Gasteiger charge is -2.50. The zero-order valence-electron chi connectivity index (χ0n) is 12.5. The zero-order valence-corrected chi connectivity index (χ0v) is 12.5. The highest BCUT2D eigenvalue weighted by Crippen LogP contribution is 2.39. The van der Waals surface area contributed by atoms with Gasteiger partial charge in [0.1, 0.15) is 0 Å². The Morgan fingerprint density at radius 3 is 2.44 bits per heavy atom. The lowest BCUT2D eigenvalue weighted by Crippen LogP contribution is -2.58. The van der Waals surface area contributed by atoms with E-state index in [9.17, 15) is 0 Å². The summed E-state index contributed by atoms with van der Waals surface area (Å²) in [5.41, 5.74) is 6.54. The monoisotopic (exact) mass is 252 g/mol. The second-order valence-electron chi connectivity index (χ2n) is 6.70. The molecule has 0 aromatic carbocycles. The van der Waals surface area contributed by atoms with E-state index in [1.54, 1.807) is 0 Å². The molecule has 2 rings (SSSR count). The zero-order chi connectivity index (χ0) is 13.0. The topological polar surface area (TPSA) is 29.3 Å². The van der Waals surface area contributed by atoms with Crippen LogP contribution in [-0.2, 0) is 0 Å². The van der Waals surface area contributed by atoms with Crippen LogP contribution < -0.4 is 5.73 Å². The number of rotatable bonds is 4. The third-order valence-corrected chi connectivity index (χ3v) is 5.75. The Labute approximate surface area is 113 Å². The van der Waals surface area contributed by atoms with E-state index in [0.29, 0.717) is 5.54 Å². The molecule has 2 aliphatic rings. The van der Waals surface area contributed by atoms with Gasteiger partial charge in [-0.2, -0.15) is 0 Å². The minimum absolute atomic E-state index is 0.320. The average molecular weight is 252 g/mol. The maximum absolute atomic E-state index is 6.22. The summed E-state index contributed by atoms with van der Waals surface area (Å²) in [5, 5.41) is 0. The predicted octanol–water partition coefficient (Wildman–Crippen LogP) is 3.55. The van der Waals surface area contributed by atoms with Gasteiger partial charge in [0.05, 0.1) is 0 Å². The fourth-order valence-electron chi connectivity index (χ4n) is 4.32. The summed E-state index contributed by atoms with van der Waals surface area (Å²) in [4.78, 5) is 2.70. The fourth-order valence-corrected chi connectivity index (χ4v) is 4.32. The third-order valence-electron chi connectivity index (χ3n) is 5.75. The van der Waals surface area contributed by atoms with Gasteiger partial charge in [-0.25, -0.2) is 0 Å². The van der Waals surface area contributed by atoms with Crippen molar-refractivity contribution in [2.24, 2.45) is 11.7 Å². The molecule has 2 saturated carbocycles. The number of likely N-dealkylation sites (N-methyl/N-ethyl adjacent to an activating group) is 1. The van der Waals surface area contributed by atoms with Crippen LogP contribution in [0.2, 0.25) is 0 Å². The SMILES string of the molecule is CCC1CCCC(CN)(N(C)C2CCCCC2)C1. The first-order valence-corrected chi connectivity index (χ1v) is 8.15. The van der Waals surface area contributed by atoms with E-state index in [1.807, 2.05) is 0 Å². The number of hydrogen-bond acceptors (Lipinski definition) is 2. The van der Waals surface area contributed by atoms with Crippen LogP contribution in [0.4, 0.5) is 0 Å². The van der Waals surface area contributed by atoms with Gasteiger partial charge in [0.25, 0.3) is 0 Å².